The van der Waals surface area contributed by atoms with Crippen molar-refractivity contribution in [3.8, 4) is 5.75 Å². The lowest BCUT2D eigenvalue weighted by molar-refractivity contribution is 0.0513. The molecule has 3 aromatic carbocycles. The molecule has 1 aliphatic heterocycles. The standard InChI is InChI=1S/C26H30NO2P/c1-28-20-29-26-22(19-21-11-4-2-5-12-21)13-10-16-25(26)30-24-15-7-6-14-23(24)27-17-8-3-9-18-27/h2,4-7,10-16,30H,3,8-9,17-20H2,1H3. The first-order valence-corrected chi connectivity index (χ1v) is 11.7. The van der Waals surface area contributed by atoms with Crippen LogP contribution in [-0.2, 0) is 11.2 Å². The second kappa shape index (κ2) is 10.6. The van der Waals surface area contributed by atoms with Gasteiger partial charge < -0.3 is 14.4 Å². The Bertz CT molecular complexity index is 939. The molecule has 0 aromatic heterocycles. The van der Waals surface area contributed by atoms with Crippen LogP contribution in [-0.4, -0.2) is 27.0 Å². The first-order valence-electron chi connectivity index (χ1n) is 10.7. The van der Waals surface area contributed by atoms with E-state index in [-0.39, 0.29) is 6.79 Å². The molecule has 0 amide bonds. The van der Waals surface area contributed by atoms with Crippen molar-refractivity contribution < 1.29 is 9.47 Å². The van der Waals surface area contributed by atoms with Gasteiger partial charge in [-0.05, 0) is 36.5 Å². The quantitative estimate of drug-likeness (QED) is 0.384. The van der Waals surface area contributed by atoms with Crippen molar-refractivity contribution in [2.45, 2.75) is 25.7 Å². The van der Waals surface area contributed by atoms with Crippen molar-refractivity contribution in [1.29, 1.82) is 0 Å². The fourth-order valence-electron chi connectivity index (χ4n) is 4.06. The van der Waals surface area contributed by atoms with Crippen LogP contribution in [0, 0.1) is 0 Å². The third kappa shape index (κ3) is 5.22. The second-order valence-corrected chi connectivity index (χ2v) is 9.02. The van der Waals surface area contributed by atoms with Crippen LogP contribution < -0.4 is 20.2 Å². The second-order valence-electron chi connectivity index (χ2n) is 7.70. The van der Waals surface area contributed by atoms with Gasteiger partial charge in [-0.25, -0.2) is 0 Å². The lowest BCUT2D eigenvalue weighted by Gasteiger charge is -2.30. The van der Waals surface area contributed by atoms with Crippen LogP contribution in [0.25, 0.3) is 0 Å². The van der Waals surface area contributed by atoms with Crippen LogP contribution in [0.4, 0.5) is 5.69 Å². The number of para-hydroxylation sites is 2. The summed E-state index contributed by atoms with van der Waals surface area (Å²) in [7, 11) is 2.22. The Morgan fingerprint density at radius 3 is 2.33 bits per heavy atom. The van der Waals surface area contributed by atoms with Gasteiger partial charge in [-0.15, -0.1) is 0 Å². The number of ether oxygens (including phenoxy) is 2. The van der Waals surface area contributed by atoms with Gasteiger partial charge in [0.2, 0.25) is 0 Å². The molecule has 0 N–H and O–H groups in total. The summed E-state index contributed by atoms with van der Waals surface area (Å²) in [6.07, 6.45) is 4.77. The molecule has 4 heteroatoms. The van der Waals surface area contributed by atoms with Crippen molar-refractivity contribution >= 4 is 24.9 Å². The molecule has 4 rings (SSSR count). The summed E-state index contributed by atoms with van der Waals surface area (Å²) >= 11 is 0. The first kappa shape index (κ1) is 20.9. The van der Waals surface area contributed by atoms with Crippen molar-refractivity contribution in [2.24, 2.45) is 0 Å². The van der Waals surface area contributed by atoms with Gasteiger partial charge in [0.25, 0.3) is 0 Å². The monoisotopic (exact) mass is 419 g/mol. The molecule has 30 heavy (non-hydrogen) atoms. The summed E-state index contributed by atoms with van der Waals surface area (Å²) in [5, 5.41) is 2.63. The minimum Gasteiger partial charge on any atom is -0.467 e. The van der Waals surface area contributed by atoms with Crippen molar-refractivity contribution in [3.05, 3.63) is 83.9 Å². The number of hydrogen-bond donors (Lipinski definition) is 0. The molecule has 1 heterocycles. The molecular weight excluding hydrogens is 389 g/mol. The molecule has 0 bridgehead atoms. The van der Waals surface area contributed by atoms with E-state index >= 15 is 0 Å². The van der Waals surface area contributed by atoms with Gasteiger partial charge >= 0.3 is 0 Å². The van der Waals surface area contributed by atoms with E-state index in [4.69, 9.17) is 9.47 Å². The van der Waals surface area contributed by atoms with Gasteiger partial charge in [0.15, 0.2) is 6.79 Å². The third-order valence-electron chi connectivity index (χ3n) is 5.53. The summed E-state index contributed by atoms with van der Waals surface area (Å²) in [6.45, 7) is 2.57. The van der Waals surface area contributed by atoms with Crippen LogP contribution in [0.5, 0.6) is 5.75 Å². The van der Waals surface area contributed by atoms with Gasteiger partial charge in [-0.3, -0.25) is 0 Å². The number of rotatable bonds is 8. The maximum absolute atomic E-state index is 6.12. The van der Waals surface area contributed by atoms with Gasteiger partial charge in [0.05, 0.1) is 0 Å². The Morgan fingerprint density at radius 2 is 1.53 bits per heavy atom. The predicted molar refractivity (Wildman–Crippen MR) is 128 cm³/mol. The molecule has 3 nitrogen and oxygen atoms in total. The Morgan fingerprint density at radius 1 is 0.800 bits per heavy atom. The number of nitrogens with zero attached hydrogens (tertiary/aromatic N) is 1. The van der Waals surface area contributed by atoms with E-state index in [1.165, 1.54) is 46.7 Å². The van der Waals surface area contributed by atoms with E-state index < -0.39 is 0 Å². The highest BCUT2D eigenvalue weighted by Gasteiger charge is 2.17. The van der Waals surface area contributed by atoms with E-state index in [0.717, 1.165) is 25.3 Å². The van der Waals surface area contributed by atoms with Gasteiger partial charge in [0.1, 0.15) is 5.75 Å². The van der Waals surface area contributed by atoms with Crippen molar-refractivity contribution in [2.75, 3.05) is 31.9 Å². The minimum atomic E-state index is 0.261. The van der Waals surface area contributed by atoms with E-state index in [0.29, 0.717) is 8.58 Å². The van der Waals surface area contributed by atoms with E-state index in [1.54, 1.807) is 7.11 Å². The molecule has 1 saturated heterocycles. The van der Waals surface area contributed by atoms with E-state index in [1.807, 2.05) is 0 Å². The SMILES string of the molecule is COCOc1c(Cc2ccccc2)cccc1Pc1ccccc1N1CCCCC1. The first-order chi connectivity index (χ1) is 14.8. The van der Waals surface area contributed by atoms with E-state index in [9.17, 15) is 0 Å². The van der Waals surface area contributed by atoms with Gasteiger partial charge in [-0.1, -0.05) is 75.3 Å². The molecule has 3 aromatic rings. The molecule has 0 aliphatic carbocycles. The average molecular weight is 420 g/mol. The maximum Gasteiger partial charge on any atom is 0.188 e. The maximum atomic E-state index is 6.12. The Balaban J connectivity index is 1.65. The number of methoxy groups -OCH3 is 1. The molecular formula is C26H30NO2P. The number of benzene rings is 3. The van der Waals surface area contributed by atoms with Crippen LogP contribution in [0.1, 0.15) is 30.4 Å². The molecule has 0 radical (unpaired) electrons. The van der Waals surface area contributed by atoms with Crippen LogP contribution in [0.15, 0.2) is 72.8 Å². The highest BCUT2D eigenvalue weighted by molar-refractivity contribution is 7.56. The summed E-state index contributed by atoms with van der Waals surface area (Å²) in [4.78, 5) is 2.55. The molecule has 1 unspecified atom stereocenters. The average Bonchev–Trinajstić information content (AvgIpc) is 2.80. The van der Waals surface area contributed by atoms with Crippen molar-refractivity contribution in [3.63, 3.8) is 0 Å². The zero-order chi connectivity index (χ0) is 20.6. The summed E-state index contributed by atoms with van der Waals surface area (Å²) in [5.74, 6) is 0.968. The molecule has 1 atom stereocenters. The molecule has 1 fully saturated rings. The Kier molecular flexibility index (Phi) is 7.39. The molecule has 0 saturated carbocycles. The highest BCUT2D eigenvalue weighted by Crippen LogP contribution is 2.29. The summed E-state index contributed by atoms with van der Waals surface area (Å²) in [6, 6.07) is 26.0. The van der Waals surface area contributed by atoms with Gasteiger partial charge in [-0.2, -0.15) is 0 Å². The van der Waals surface area contributed by atoms with E-state index in [2.05, 4.69) is 77.7 Å². The summed E-state index contributed by atoms with van der Waals surface area (Å²) in [5.41, 5.74) is 3.87. The lowest BCUT2D eigenvalue weighted by atomic mass is 10.0. The zero-order valence-corrected chi connectivity index (χ0v) is 18.6. The number of anilines is 1. The number of piperidine rings is 1. The zero-order valence-electron chi connectivity index (χ0n) is 17.6. The normalized spacial score (nSPS) is 14.4. The van der Waals surface area contributed by atoms with Crippen LogP contribution >= 0.6 is 8.58 Å². The fraction of sp³-hybridized carbons (Fsp3) is 0.308. The fourth-order valence-corrected chi connectivity index (χ4v) is 5.43. The van der Waals surface area contributed by atoms with Gasteiger partial charge in [0, 0.05) is 42.9 Å². The largest absolute Gasteiger partial charge is 0.467 e. The smallest absolute Gasteiger partial charge is 0.188 e. The molecule has 1 aliphatic rings. The molecule has 156 valence electrons. The number of hydrogen-bond acceptors (Lipinski definition) is 3. The minimum absolute atomic E-state index is 0.261. The summed E-state index contributed by atoms with van der Waals surface area (Å²) < 4.78 is 11.4. The predicted octanol–water partition coefficient (Wildman–Crippen LogP) is 4.88. The Hall–Kier alpha value is -2.35. The van der Waals surface area contributed by atoms with Crippen LogP contribution in [0.2, 0.25) is 0 Å². The van der Waals surface area contributed by atoms with Crippen molar-refractivity contribution in [1.82, 2.24) is 0 Å². The third-order valence-corrected chi connectivity index (χ3v) is 6.88. The topological polar surface area (TPSA) is 21.7 Å². The lowest BCUT2D eigenvalue weighted by Crippen LogP contribution is -2.32. The molecule has 0 spiro atoms. The highest BCUT2D eigenvalue weighted by atomic mass is 31.1. The Labute approximate surface area is 181 Å². The van der Waals surface area contributed by atoms with Crippen LogP contribution in [0.3, 0.4) is 0 Å².